The Morgan fingerprint density at radius 3 is 1.21 bits per heavy atom. The summed E-state index contributed by atoms with van der Waals surface area (Å²) in [5.41, 5.74) is 0. The molecule has 0 heterocycles. The normalized spacial score (nSPS) is 10.2. The van der Waals surface area contributed by atoms with E-state index in [1.807, 2.05) is 6.08 Å². The van der Waals surface area contributed by atoms with E-state index in [1.165, 1.54) is 96.3 Å². The van der Waals surface area contributed by atoms with Crippen molar-refractivity contribution in [3.05, 3.63) is 12.7 Å². The van der Waals surface area contributed by atoms with Gasteiger partial charge in [0.15, 0.2) is 0 Å². The molecule has 19 heavy (non-hydrogen) atoms. The van der Waals surface area contributed by atoms with Crippen molar-refractivity contribution in [2.45, 2.75) is 103 Å². The van der Waals surface area contributed by atoms with Crippen molar-refractivity contribution in [3.63, 3.8) is 0 Å². The Kier molecular flexibility index (Phi) is 23.5. The molecule has 0 atom stereocenters. The topological polar surface area (TPSA) is 0 Å². The second-order valence-electron chi connectivity index (χ2n) is 5.67. The molecule has 0 aromatic heterocycles. The van der Waals surface area contributed by atoms with E-state index in [0.29, 0.717) is 0 Å². The van der Waals surface area contributed by atoms with Crippen LogP contribution >= 0.6 is 0 Å². The number of hydrogen-bond acceptors (Lipinski definition) is 0. The van der Waals surface area contributed by atoms with Crippen LogP contribution in [-0.4, -0.2) is 18.9 Å². The Labute approximate surface area is 135 Å². The van der Waals surface area contributed by atoms with E-state index in [0.717, 1.165) is 0 Å². The predicted octanol–water partition coefficient (Wildman–Crippen LogP) is 6.66. The van der Waals surface area contributed by atoms with E-state index >= 15 is 0 Å². The van der Waals surface area contributed by atoms with E-state index in [1.54, 1.807) is 0 Å². The summed E-state index contributed by atoms with van der Waals surface area (Å²) in [6.07, 6.45) is 23.5. The first-order valence-electron chi connectivity index (χ1n) is 8.52. The van der Waals surface area contributed by atoms with Gasteiger partial charge in [0, 0.05) is 18.9 Å². The molecule has 0 unspecified atom stereocenters. The number of rotatable bonds is 15. The quantitative estimate of drug-likeness (QED) is 0.175. The molecule has 1 heteroatoms. The summed E-state index contributed by atoms with van der Waals surface area (Å²) >= 11 is 0. The van der Waals surface area contributed by atoms with Crippen LogP contribution in [0.4, 0.5) is 0 Å². The van der Waals surface area contributed by atoms with Crippen LogP contribution in [-0.2, 0) is 0 Å². The fourth-order valence-corrected chi connectivity index (χ4v) is 2.48. The van der Waals surface area contributed by atoms with Crippen LogP contribution in [0.2, 0.25) is 0 Å². The van der Waals surface area contributed by atoms with Crippen molar-refractivity contribution in [2.24, 2.45) is 0 Å². The molecule has 0 amide bonds. The van der Waals surface area contributed by atoms with Gasteiger partial charge in [-0.2, -0.15) is 0 Å². The molecule has 0 saturated carbocycles. The maximum absolute atomic E-state index is 3.76. The minimum Gasteiger partial charge on any atom is -0.103 e. The first kappa shape index (κ1) is 21.6. The standard InChI is InChI=1S/C18H36.Li/c1-3-5-7-9-11-13-15-17-18-16-14-12-10-8-6-4-2;/h3H,1,4-18H2,2H3;. The molecule has 0 nitrogen and oxygen atoms in total. The Hall–Kier alpha value is 0.337. The summed E-state index contributed by atoms with van der Waals surface area (Å²) in [6.45, 7) is 6.05. The third kappa shape index (κ3) is 20.8. The Bertz CT molecular complexity index is 154. The van der Waals surface area contributed by atoms with Gasteiger partial charge in [0.25, 0.3) is 0 Å². The van der Waals surface area contributed by atoms with Gasteiger partial charge in [0.05, 0.1) is 0 Å². The monoisotopic (exact) mass is 259 g/mol. The molecule has 0 aromatic carbocycles. The van der Waals surface area contributed by atoms with Crippen molar-refractivity contribution in [2.75, 3.05) is 0 Å². The van der Waals surface area contributed by atoms with Crippen molar-refractivity contribution >= 4 is 18.9 Å². The van der Waals surface area contributed by atoms with Crippen molar-refractivity contribution in [3.8, 4) is 0 Å². The molecular weight excluding hydrogens is 223 g/mol. The summed E-state index contributed by atoms with van der Waals surface area (Å²) in [7, 11) is 0. The molecule has 0 rings (SSSR count). The van der Waals surface area contributed by atoms with Crippen LogP contribution < -0.4 is 0 Å². The molecular formula is C18H36Li. The molecule has 0 aliphatic heterocycles. The zero-order chi connectivity index (χ0) is 13.3. The van der Waals surface area contributed by atoms with Gasteiger partial charge < -0.3 is 0 Å². The third-order valence-electron chi connectivity index (χ3n) is 3.76. The van der Waals surface area contributed by atoms with Crippen molar-refractivity contribution in [1.82, 2.24) is 0 Å². The van der Waals surface area contributed by atoms with E-state index in [-0.39, 0.29) is 18.9 Å². The maximum atomic E-state index is 3.76. The summed E-state index contributed by atoms with van der Waals surface area (Å²) < 4.78 is 0. The predicted molar refractivity (Wildman–Crippen MR) is 90.9 cm³/mol. The summed E-state index contributed by atoms with van der Waals surface area (Å²) in [5, 5.41) is 0. The first-order chi connectivity index (χ1) is 8.91. The Morgan fingerprint density at radius 1 is 0.579 bits per heavy atom. The van der Waals surface area contributed by atoms with E-state index in [4.69, 9.17) is 0 Å². The molecule has 1 radical (unpaired) electrons. The van der Waals surface area contributed by atoms with Crippen LogP contribution in [0.1, 0.15) is 103 Å². The van der Waals surface area contributed by atoms with Crippen LogP contribution in [0, 0.1) is 0 Å². The van der Waals surface area contributed by atoms with Gasteiger partial charge in [-0.25, -0.2) is 0 Å². The van der Waals surface area contributed by atoms with E-state index in [2.05, 4.69) is 13.5 Å². The number of hydrogen-bond donors (Lipinski definition) is 0. The van der Waals surface area contributed by atoms with Gasteiger partial charge in [-0.1, -0.05) is 96.5 Å². The summed E-state index contributed by atoms with van der Waals surface area (Å²) in [6, 6.07) is 0. The first-order valence-corrected chi connectivity index (χ1v) is 8.52. The molecule has 0 saturated heterocycles. The maximum Gasteiger partial charge on any atom is 0 e. The molecule has 109 valence electrons. The van der Waals surface area contributed by atoms with Crippen molar-refractivity contribution < 1.29 is 0 Å². The van der Waals surface area contributed by atoms with Crippen LogP contribution in [0.25, 0.3) is 0 Å². The fourth-order valence-electron chi connectivity index (χ4n) is 2.48. The number of allylic oxidation sites excluding steroid dienone is 1. The molecule has 0 aliphatic rings. The van der Waals surface area contributed by atoms with Gasteiger partial charge >= 0.3 is 0 Å². The van der Waals surface area contributed by atoms with Gasteiger partial charge in [-0.3, -0.25) is 0 Å². The average molecular weight is 259 g/mol. The third-order valence-corrected chi connectivity index (χ3v) is 3.76. The number of unbranched alkanes of at least 4 members (excludes halogenated alkanes) is 14. The van der Waals surface area contributed by atoms with Crippen molar-refractivity contribution in [1.29, 1.82) is 0 Å². The van der Waals surface area contributed by atoms with Crippen LogP contribution in [0.3, 0.4) is 0 Å². The summed E-state index contributed by atoms with van der Waals surface area (Å²) in [4.78, 5) is 0. The summed E-state index contributed by atoms with van der Waals surface area (Å²) in [5.74, 6) is 0. The minimum absolute atomic E-state index is 0. The smallest absolute Gasteiger partial charge is 0 e. The van der Waals surface area contributed by atoms with Gasteiger partial charge in [0.1, 0.15) is 0 Å². The molecule has 0 spiro atoms. The van der Waals surface area contributed by atoms with Gasteiger partial charge in [0.2, 0.25) is 0 Å². The average Bonchev–Trinajstić information content (AvgIpc) is 2.39. The molecule has 0 aliphatic carbocycles. The van der Waals surface area contributed by atoms with E-state index in [9.17, 15) is 0 Å². The Morgan fingerprint density at radius 2 is 0.895 bits per heavy atom. The second kappa shape index (κ2) is 20.7. The van der Waals surface area contributed by atoms with Crippen LogP contribution in [0.5, 0.6) is 0 Å². The van der Waals surface area contributed by atoms with Gasteiger partial charge in [-0.15, -0.1) is 6.58 Å². The fraction of sp³-hybridized carbons (Fsp3) is 0.889. The Balaban J connectivity index is 0. The molecule has 0 N–H and O–H groups in total. The zero-order valence-electron chi connectivity index (χ0n) is 13.9. The molecule has 0 aromatic rings. The molecule has 0 bridgehead atoms. The van der Waals surface area contributed by atoms with Gasteiger partial charge in [-0.05, 0) is 12.8 Å². The zero-order valence-corrected chi connectivity index (χ0v) is 13.9. The largest absolute Gasteiger partial charge is 0.103 e. The second-order valence-corrected chi connectivity index (χ2v) is 5.67. The molecule has 0 fully saturated rings. The minimum atomic E-state index is 0. The van der Waals surface area contributed by atoms with Crippen LogP contribution in [0.15, 0.2) is 12.7 Å². The van der Waals surface area contributed by atoms with E-state index < -0.39 is 0 Å². The SMILES string of the molecule is C=CCCCCCCCCCCCCCCCC.[Li].